The summed E-state index contributed by atoms with van der Waals surface area (Å²) in [5, 5.41) is 27.1. The molecule has 1 heterocycles. The number of hydrogen-bond acceptors (Lipinski definition) is 4. The van der Waals surface area contributed by atoms with Gasteiger partial charge in [-0.1, -0.05) is 0 Å². The molecule has 3 N–H and O–H groups in total. The Kier molecular flexibility index (Phi) is 6.45. The zero-order valence-electron chi connectivity index (χ0n) is 12.1. The molecule has 0 atom stereocenters. The number of aliphatic carboxylic acids is 2. The first-order valence-electron chi connectivity index (χ1n) is 6.42. The Hall–Kier alpha value is -1.14. The summed E-state index contributed by atoms with van der Waals surface area (Å²) >= 11 is 0. The summed E-state index contributed by atoms with van der Waals surface area (Å²) in [6, 6.07) is 0. The summed E-state index contributed by atoms with van der Waals surface area (Å²) in [6.45, 7) is 8.36. The zero-order chi connectivity index (χ0) is 15.3. The molecular formula is C13H25NO5. The lowest BCUT2D eigenvalue weighted by atomic mass is 9.82. The molecule has 0 bridgehead atoms. The van der Waals surface area contributed by atoms with E-state index in [-0.39, 0.29) is 23.9 Å². The molecule has 6 nitrogen and oxygen atoms in total. The average molecular weight is 275 g/mol. The van der Waals surface area contributed by atoms with Gasteiger partial charge in [-0.05, 0) is 47.0 Å². The van der Waals surface area contributed by atoms with Gasteiger partial charge in [0.15, 0.2) is 0 Å². The van der Waals surface area contributed by atoms with Crippen molar-refractivity contribution >= 4 is 11.9 Å². The Labute approximate surface area is 114 Å². The van der Waals surface area contributed by atoms with Gasteiger partial charge in [0.05, 0.1) is 12.8 Å². The molecule has 1 saturated heterocycles. The zero-order valence-corrected chi connectivity index (χ0v) is 12.1. The monoisotopic (exact) mass is 275 g/mol. The molecule has 1 fully saturated rings. The van der Waals surface area contributed by atoms with E-state index in [1.807, 2.05) is 0 Å². The Morgan fingerprint density at radius 3 is 1.47 bits per heavy atom. The van der Waals surface area contributed by atoms with Crippen LogP contribution in [0.1, 0.15) is 59.8 Å². The van der Waals surface area contributed by atoms with Crippen LogP contribution in [0.3, 0.4) is 0 Å². The van der Waals surface area contributed by atoms with Crippen molar-refractivity contribution in [3.63, 3.8) is 0 Å². The largest absolute Gasteiger partial charge is 0.481 e. The van der Waals surface area contributed by atoms with Crippen molar-refractivity contribution < 1.29 is 25.0 Å². The van der Waals surface area contributed by atoms with Crippen LogP contribution in [-0.2, 0) is 9.59 Å². The van der Waals surface area contributed by atoms with Gasteiger partial charge in [0.25, 0.3) is 0 Å². The molecule has 1 rings (SSSR count). The summed E-state index contributed by atoms with van der Waals surface area (Å²) in [4.78, 5) is 19.3. The number of carbonyl (C=O) groups is 2. The van der Waals surface area contributed by atoms with Crippen molar-refractivity contribution in [3.05, 3.63) is 0 Å². The summed E-state index contributed by atoms with van der Waals surface area (Å²) in [5.74, 6) is -2.15. The van der Waals surface area contributed by atoms with Crippen LogP contribution in [0.5, 0.6) is 0 Å². The van der Waals surface area contributed by atoms with E-state index in [1.54, 1.807) is 0 Å². The molecule has 0 aliphatic carbocycles. The lowest BCUT2D eigenvalue weighted by Gasteiger charge is -2.48. The topological polar surface area (TPSA) is 98.1 Å². The molecule has 0 aromatic rings. The van der Waals surface area contributed by atoms with E-state index < -0.39 is 11.9 Å². The first-order valence-corrected chi connectivity index (χ1v) is 6.42. The predicted octanol–water partition coefficient (Wildman–Crippen LogP) is 2.35. The highest BCUT2D eigenvalue weighted by Gasteiger charge is 2.40. The van der Waals surface area contributed by atoms with E-state index >= 15 is 0 Å². The number of hydrogen-bond donors (Lipinski definition) is 3. The third-order valence-electron chi connectivity index (χ3n) is 3.28. The predicted molar refractivity (Wildman–Crippen MR) is 70.1 cm³/mol. The van der Waals surface area contributed by atoms with Crippen molar-refractivity contribution in [2.75, 3.05) is 0 Å². The van der Waals surface area contributed by atoms with Gasteiger partial charge in [-0.15, -0.1) is 0 Å². The van der Waals surface area contributed by atoms with Crippen LogP contribution in [0.4, 0.5) is 0 Å². The molecule has 0 saturated carbocycles. The molecule has 0 aromatic heterocycles. The van der Waals surface area contributed by atoms with E-state index in [2.05, 4.69) is 27.7 Å². The van der Waals surface area contributed by atoms with Crippen LogP contribution in [-0.4, -0.2) is 43.5 Å². The minimum absolute atomic E-state index is 0.0399. The lowest BCUT2D eigenvalue weighted by Crippen LogP contribution is -2.56. The molecular weight excluding hydrogens is 250 g/mol. The highest BCUT2D eigenvalue weighted by Crippen LogP contribution is 2.35. The lowest BCUT2D eigenvalue weighted by molar-refractivity contribution is -0.241. The fraction of sp³-hybridized carbons (Fsp3) is 0.846. The maximum atomic E-state index is 9.80. The van der Waals surface area contributed by atoms with Gasteiger partial charge >= 0.3 is 11.9 Å². The number of carboxylic acid groups (broad SMARTS) is 2. The highest BCUT2D eigenvalue weighted by atomic mass is 16.5. The van der Waals surface area contributed by atoms with E-state index in [0.717, 1.165) is 12.8 Å². The summed E-state index contributed by atoms with van der Waals surface area (Å²) in [6.07, 6.45) is 2.81. The van der Waals surface area contributed by atoms with Crippen molar-refractivity contribution in [1.29, 1.82) is 0 Å². The number of carboxylic acids is 2. The SMILES string of the molecule is CC1(C)CCCC(C)(C)N1O.O=C(O)CCC(=O)O. The van der Waals surface area contributed by atoms with Gasteiger partial charge in [0.1, 0.15) is 0 Å². The first-order chi connectivity index (χ1) is 8.49. The smallest absolute Gasteiger partial charge is 0.303 e. The van der Waals surface area contributed by atoms with Crippen LogP contribution in [0.25, 0.3) is 0 Å². The molecule has 1 aliphatic rings. The second-order valence-electron chi connectivity index (χ2n) is 6.08. The average Bonchev–Trinajstić information content (AvgIpc) is 2.24. The number of hydroxylamine groups is 2. The molecule has 1 aliphatic heterocycles. The van der Waals surface area contributed by atoms with E-state index in [1.165, 1.54) is 11.5 Å². The number of piperidine rings is 1. The summed E-state index contributed by atoms with van der Waals surface area (Å²) in [7, 11) is 0. The van der Waals surface area contributed by atoms with E-state index in [0.29, 0.717) is 0 Å². The number of nitrogens with zero attached hydrogens (tertiary/aromatic N) is 1. The normalized spacial score (nSPS) is 21.1. The van der Waals surface area contributed by atoms with Gasteiger partial charge in [0, 0.05) is 11.1 Å². The van der Waals surface area contributed by atoms with Gasteiger partial charge in [-0.2, -0.15) is 5.06 Å². The molecule has 0 aromatic carbocycles. The minimum atomic E-state index is -1.08. The second-order valence-corrected chi connectivity index (χ2v) is 6.08. The molecule has 6 heteroatoms. The molecule has 19 heavy (non-hydrogen) atoms. The quantitative estimate of drug-likeness (QED) is 0.731. The fourth-order valence-corrected chi connectivity index (χ4v) is 2.20. The molecule has 0 radical (unpaired) electrons. The van der Waals surface area contributed by atoms with Gasteiger partial charge in [0.2, 0.25) is 0 Å². The van der Waals surface area contributed by atoms with Crippen LogP contribution in [0.15, 0.2) is 0 Å². The Morgan fingerprint density at radius 1 is 0.947 bits per heavy atom. The summed E-state index contributed by atoms with van der Waals surface area (Å²) in [5.41, 5.74) is -0.0799. The first kappa shape index (κ1) is 17.9. The van der Waals surface area contributed by atoms with Gasteiger partial charge < -0.3 is 15.4 Å². The van der Waals surface area contributed by atoms with Gasteiger partial charge in [-0.25, -0.2) is 0 Å². The standard InChI is InChI=1S/C9H19NO.C4H6O4/c1-8(2)6-5-7-9(3,4)10(8)11;5-3(6)1-2-4(7)8/h11H,5-7H2,1-4H3;1-2H2,(H,5,6)(H,7,8). The van der Waals surface area contributed by atoms with Crippen LogP contribution < -0.4 is 0 Å². The molecule has 0 amide bonds. The Balaban J connectivity index is 0.000000362. The Morgan fingerprint density at radius 2 is 1.26 bits per heavy atom. The number of rotatable bonds is 3. The third kappa shape index (κ3) is 6.54. The van der Waals surface area contributed by atoms with Gasteiger partial charge in [-0.3, -0.25) is 9.59 Å². The molecule has 112 valence electrons. The van der Waals surface area contributed by atoms with E-state index in [4.69, 9.17) is 10.2 Å². The van der Waals surface area contributed by atoms with Crippen molar-refractivity contribution in [2.24, 2.45) is 0 Å². The summed E-state index contributed by atoms with van der Waals surface area (Å²) < 4.78 is 0. The van der Waals surface area contributed by atoms with Crippen molar-refractivity contribution in [1.82, 2.24) is 5.06 Å². The maximum absolute atomic E-state index is 9.80. The van der Waals surface area contributed by atoms with Crippen molar-refractivity contribution in [3.8, 4) is 0 Å². The fourth-order valence-electron chi connectivity index (χ4n) is 2.20. The van der Waals surface area contributed by atoms with Crippen LogP contribution in [0.2, 0.25) is 0 Å². The minimum Gasteiger partial charge on any atom is -0.481 e. The Bertz CT molecular complexity index is 295. The third-order valence-corrected chi connectivity index (χ3v) is 3.28. The van der Waals surface area contributed by atoms with Crippen LogP contribution in [0, 0.1) is 0 Å². The van der Waals surface area contributed by atoms with Crippen LogP contribution >= 0.6 is 0 Å². The molecule has 0 unspecified atom stereocenters. The maximum Gasteiger partial charge on any atom is 0.303 e. The van der Waals surface area contributed by atoms with Crippen molar-refractivity contribution in [2.45, 2.75) is 70.9 Å². The second kappa shape index (κ2) is 6.86. The van der Waals surface area contributed by atoms with E-state index in [9.17, 15) is 14.8 Å². The highest BCUT2D eigenvalue weighted by molar-refractivity contribution is 5.75. The molecule has 0 spiro atoms.